The van der Waals surface area contributed by atoms with Gasteiger partial charge in [0.25, 0.3) is 5.72 Å². The Morgan fingerprint density at radius 3 is 2.17 bits per heavy atom. The van der Waals surface area contributed by atoms with Crippen molar-refractivity contribution in [2.75, 3.05) is 14.2 Å². The summed E-state index contributed by atoms with van der Waals surface area (Å²) in [5.74, 6) is -5.02. The zero-order valence-corrected chi connectivity index (χ0v) is 16.1. The third-order valence-electron chi connectivity index (χ3n) is 4.54. The van der Waals surface area contributed by atoms with Gasteiger partial charge in [0.05, 0.1) is 14.2 Å². The van der Waals surface area contributed by atoms with Crippen LogP contribution >= 0.6 is 0 Å². The molecule has 0 fully saturated rings. The average molecular weight is 410 g/mol. The highest BCUT2D eigenvalue weighted by molar-refractivity contribution is 6.19. The molecule has 30 heavy (non-hydrogen) atoms. The van der Waals surface area contributed by atoms with Gasteiger partial charge in [-0.1, -0.05) is 65.8 Å². The van der Waals surface area contributed by atoms with Gasteiger partial charge in [-0.3, -0.25) is 4.74 Å². The topological polar surface area (TPSA) is 143 Å². The Bertz CT molecular complexity index is 1020. The van der Waals surface area contributed by atoms with Gasteiger partial charge in [-0.25, -0.2) is 14.6 Å². The minimum Gasteiger partial charge on any atom is -0.465 e. The van der Waals surface area contributed by atoms with E-state index in [0.29, 0.717) is 11.1 Å². The first-order valence-electron chi connectivity index (χ1n) is 8.77. The number of benzene rings is 2. The van der Waals surface area contributed by atoms with Crippen LogP contribution in [-0.2, 0) is 23.8 Å². The van der Waals surface area contributed by atoms with Crippen molar-refractivity contribution < 1.29 is 28.9 Å². The van der Waals surface area contributed by atoms with E-state index in [2.05, 4.69) is 15.0 Å². The van der Waals surface area contributed by atoms with Crippen LogP contribution in [0.2, 0.25) is 0 Å². The van der Waals surface area contributed by atoms with Crippen LogP contribution in [0.25, 0.3) is 10.4 Å². The molecule has 0 radical (unpaired) electrons. The molecule has 1 aliphatic heterocycles. The molecule has 3 rings (SSSR count). The summed E-state index contributed by atoms with van der Waals surface area (Å²) in [6, 6.07) is 15.0. The highest BCUT2D eigenvalue weighted by Crippen LogP contribution is 2.44. The van der Waals surface area contributed by atoms with Crippen molar-refractivity contribution in [3.63, 3.8) is 0 Å². The molecule has 1 N–H and O–H groups in total. The number of rotatable bonds is 6. The van der Waals surface area contributed by atoms with Crippen molar-refractivity contribution in [2.24, 2.45) is 10.1 Å². The summed E-state index contributed by atoms with van der Waals surface area (Å²) in [5, 5.41) is 14.8. The number of hydrogen-bond acceptors (Lipinski definition) is 8. The lowest BCUT2D eigenvalue weighted by atomic mass is 9.97. The quantitative estimate of drug-likeness (QED) is 0.335. The molecule has 0 bridgehead atoms. The van der Waals surface area contributed by atoms with E-state index in [1.165, 1.54) is 0 Å². The van der Waals surface area contributed by atoms with Gasteiger partial charge >= 0.3 is 17.7 Å². The summed E-state index contributed by atoms with van der Waals surface area (Å²) in [5.41, 5.74) is 7.13. The van der Waals surface area contributed by atoms with Gasteiger partial charge in [0.15, 0.2) is 0 Å². The minimum atomic E-state index is -2.75. The number of carbonyl (C=O) groups is 2. The number of hydrogen-bond donors (Lipinski definition) is 1. The summed E-state index contributed by atoms with van der Waals surface area (Å²) in [6.07, 6.45) is 0. The number of ether oxygens (including phenoxy) is 3. The number of esters is 2. The average Bonchev–Trinajstić information content (AvgIpc) is 3.12. The molecule has 0 spiro atoms. The van der Waals surface area contributed by atoms with Crippen molar-refractivity contribution in [3.05, 3.63) is 82.2 Å². The number of nitrogens with zero attached hydrogens (tertiary/aromatic N) is 4. The Balaban J connectivity index is 2.31. The standard InChI is InChI=1S/C20H18N4O6/c1-28-17(25)19(15(23-24-21)13-9-5-3-6-10-13)22-16(14-11-7-4-8-12-14)20(27,30-19)18(26)29-2/h3-12,15,27H,1-2H3/t15?,19-,20-/m0/s1. The predicted octanol–water partition coefficient (Wildman–Crippen LogP) is 2.29. The van der Waals surface area contributed by atoms with Crippen LogP contribution in [0, 0.1) is 0 Å². The predicted molar refractivity (Wildman–Crippen MR) is 104 cm³/mol. The fourth-order valence-corrected chi connectivity index (χ4v) is 3.19. The molecule has 1 unspecified atom stereocenters. The molecular formula is C20H18N4O6. The van der Waals surface area contributed by atoms with Gasteiger partial charge in [0, 0.05) is 10.5 Å². The molecule has 2 aromatic rings. The lowest BCUT2D eigenvalue weighted by Crippen LogP contribution is -2.53. The smallest absolute Gasteiger partial charge is 0.373 e. The number of carbonyl (C=O) groups excluding carboxylic acids is 2. The first kappa shape index (κ1) is 21.0. The van der Waals surface area contributed by atoms with Gasteiger partial charge in [0.2, 0.25) is 0 Å². The second kappa shape index (κ2) is 8.34. The van der Waals surface area contributed by atoms with Gasteiger partial charge < -0.3 is 14.6 Å². The van der Waals surface area contributed by atoms with E-state index < -0.39 is 29.5 Å². The van der Waals surface area contributed by atoms with Gasteiger partial charge in [-0.2, -0.15) is 0 Å². The Kier molecular flexibility index (Phi) is 5.84. The maximum Gasteiger partial charge on any atom is 0.373 e. The van der Waals surface area contributed by atoms with Crippen molar-refractivity contribution in [1.82, 2.24) is 0 Å². The third-order valence-corrected chi connectivity index (χ3v) is 4.54. The van der Waals surface area contributed by atoms with E-state index >= 15 is 0 Å². The van der Waals surface area contributed by atoms with Crippen LogP contribution in [-0.4, -0.2) is 48.5 Å². The Labute approximate surface area is 171 Å². The molecule has 3 atom stereocenters. The Morgan fingerprint density at radius 1 is 1.07 bits per heavy atom. The van der Waals surface area contributed by atoms with Crippen molar-refractivity contribution in [1.29, 1.82) is 0 Å². The fraction of sp³-hybridized carbons (Fsp3) is 0.250. The second-order valence-electron chi connectivity index (χ2n) is 6.27. The number of azide groups is 1. The van der Waals surface area contributed by atoms with E-state index in [-0.39, 0.29) is 5.71 Å². The zero-order valence-electron chi connectivity index (χ0n) is 16.1. The van der Waals surface area contributed by atoms with Crippen LogP contribution < -0.4 is 0 Å². The molecule has 0 amide bonds. The molecule has 1 heterocycles. The first-order chi connectivity index (χ1) is 14.4. The van der Waals surface area contributed by atoms with Crippen LogP contribution in [0.4, 0.5) is 0 Å². The van der Waals surface area contributed by atoms with Crippen molar-refractivity contribution in [3.8, 4) is 0 Å². The van der Waals surface area contributed by atoms with E-state index in [1.807, 2.05) is 0 Å². The highest BCUT2D eigenvalue weighted by atomic mass is 16.7. The third kappa shape index (κ3) is 3.39. The zero-order chi connectivity index (χ0) is 21.8. The summed E-state index contributed by atoms with van der Waals surface area (Å²) >= 11 is 0. The van der Waals surface area contributed by atoms with E-state index in [9.17, 15) is 14.7 Å². The maximum absolute atomic E-state index is 12.9. The molecule has 0 aliphatic carbocycles. The van der Waals surface area contributed by atoms with E-state index in [0.717, 1.165) is 14.2 Å². The molecule has 10 heteroatoms. The SMILES string of the molecule is COC(=O)[C@@]1(O)O[C@](C(=O)OC)(C(N=[N+]=[N-])c2ccccc2)N=C1c1ccccc1. The van der Waals surface area contributed by atoms with E-state index in [4.69, 9.17) is 19.7 Å². The number of aliphatic hydroxyl groups is 1. The van der Waals surface area contributed by atoms with Crippen LogP contribution in [0.5, 0.6) is 0 Å². The van der Waals surface area contributed by atoms with Gasteiger partial charge in [-0.15, -0.1) is 0 Å². The molecule has 0 saturated carbocycles. The van der Waals surface area contributed by atoms with Gasteiger partial charge in [0.1, 0.15) is 11.8 Å². The summed E-state index contributed by atoms with van der Waals surface area (Å²) < 4.78 is 15.2. The Morgan fingerprint density at radius 2 is 1.63 bits per heavy atom. The van der Waals surface area contributed by atoms with Crippen LogP contribution in [0.1, 0.15) is 17.2 Å². The fourth-order valence-electron chi connectivity index (χ4n) is 3.19. The molecule has 10 nitrogen and oxygen atoms in total. The van der Waals surface area contributed by atoms with Crippen molar-refractivity contribution in [2.45, 2.75) is 17.6 Å². The molecule has 0 aromatic heterocycles. The van der Waals surface area contributed by atoms with Crippen molar-refractivity contribution >= 4 is 17.7 Å². The molecule has 154 valence electrons. The summed E-state index contributed by atoms with van der Waals surface area (Å²) in [7, 11) is 2.13. The molecular weight excluding hydrogens is 392 g/mol. The second-order valence-corrected chi connectivity index (χ2v) is 6.27. The monoisotopic (exact) mass is 410 g/mol. The molecule has 1 aliphatic rings. The normalized spacial score (nSPS) is 23.6. The lowest BCUT2D eigenvalue weighted by Gasteiger charge is -2.31. The van der Waals surface area contributed by atoms with E-state index in [1.54, 1.807) is 60.7 Å². The number of methoxy groups -OCH3 is 2. The largest absolute Gasteiger partial charge is 0.465 e. The van der Waals surface area contributed by atoms with Crippen LogP contribution in [0.3, 0.4) is 0 Å². The highest BCUT2D eigenvalue weighted by Gasteiger charge is 2.64. The van der Waals surface area contributed by atoms with Crippen LogP contribution in [0.15, 0.2) is 70.8 Å². The lowest BCUT2D eigenvalue weighted by molar-refractivity contribution is -0.233. The summed E-state index contributed by atoms with van der Waals surface area (Å²) in [6.45, 7) is 0. The first-order valence-corrected chi connectivity index (χ1v) is 8.77. The van der Waals surface area contributed by atoms with Gasteiger partial charge in [-0.05, 0) is 11.1 Å². The molecule has 0 saturated heterocycles. The molecule has 2 aromatic carbocycles. The maximum atomic E-state index is 12.9. The number of aliphatic imine (C=N–C) groups is 1. The minimum absolute atomic E-state index is 0.283. The summed E-state index contributed by atoms with van der Waals surface area (Å²) in [4.78, 5) is 32.5. The Hall–Kier alpha value is -3.72.